The van der Waals surface area contributed by atoms with E-state index in [1.165, 1.54) is 32.1 Å². The molecule has 0 aliphatic heterocycles. The van der Waals surface area contributed by atoms with E-state index in [1.54, 1.807) is 0 Å². The van der Waals surface area contributed by atoms with Crippen LogP contribution < -0.4 is 0 Å². The summed E-state index contributed by atoms with van der Waals surface area (Å²) in [7, 11) is 0. The molecule has 0 amide bonds. The minimum absolute atomic E-state index is 0.0633. The van der Waals surface area contributed by atoms with Crippen LogP contribution in [0, 0.1) is 5.41 Å². The first-order valence-electron chi connectivity index (χ1n) is 7.92. The molecule has 2 nitrogen and oxygen atoms in total. The third-order valence-corrected chi connectivity index (χ3v) is 3.98. The summed E-state index contributed by atoms with van der Waals surface area (Å²) in [5.74, 6) is -0.0633. The molecule has 0 saturated heterocycles. The highest BCUT2D eigenvalue weighted by molar-refractivity contribution is 9.09. The molecule has 0 atom stereocenters. The van der Waals surface area contributed by atoms with E-state index >= 15 is 0 Å². The summed E-state index contributed by atoms with van der Waals surface area (Å²) < 4.78 is 5.10. The van der Waals surface area contributed by atoms with Gasteiger partial charge in [-0.25, -0.2) is 0 Å². The fraction of sp³-hybridized carbons (Fsp3) is 0.824. The standard InChI is InChI=1S/C17H31BrO2/c1-4-20-16(19)17(2,3)14-12-10-8-6-5-7-9-11-13-15-18/h5,7H,4,6,8-15H2,1-3H3/b7-5+. The van der Waals surface area contributed by atoms with Crippen LogP contribution in [-0.2, 0) is 9.53 Å². The smallest absolute Gasteiger partial charge is 0.311 e. The van der Waals surface area contributed by atoms with E-state index in [1.807, 2.05) is 20.8 Å². The van der Waals surface area contributed by atoms with Gasteiger partial charge in [-0.15, -0.1) is 0 Å². The number of esters is 1. The molecule has 0 spiro atoms. The molecule has 0 aliphatic carbocycles. The predicted octanol–water partition coefficient (Wildman–Crippen LogP) is 5.65. The molecule has 0 radical (unpaired) electrons. The van der Waals surface area contributed by atoms with Crippen molar-refractivity contribution in [2.45, 2.75) is 72.1 Å². The molecule has 0 aliphatic rings. The molecule has 0 rings (SSSR count). The molecule has 3 heteroatoms. The Morgan fingerprint density at radius 3 is 2.20 bits per heavy atom. The average molecular weight is 347 g/mol. The van der Waals surface area contributed by atoms with Crippen molar-refractivity contribution < 1.29 is 9.53 Å². The van der Waals surface area contributed by atoms with Crippen molar-refractivity contribution in [2.24, 2.45) is 5.41 Å². The van der Waals surface area contributed by atoms with Crippen LogP contribution in [0.15, 0.2) is 12.2 Å². The quantitative estimate of drug-likeness (QED) is 0.197. The second-order valence-corrected chi connectivity index (χ2v) is 6.65. The summed E-state index contributed by atoms with van der Waals surface area (Å²) in [5.41, 5.74) is -0.332. The minimum Gasteiger partial charge on any atom is -0.466 e. The van der Waals surface area contributed by atoms with Gasteiger partial charge in [-0.3, -0.25) is 4.79 Å². The van der Waals surface area contributed by atoms with Crippen molar-refractivity contribution >= 4 is 21.9 Å². The number of carbonyl (C=O) groups is 1. The Morgan fingerprint density at radius 2 is 1.65 bits per heavy atom. The van der Waals surface area contributed by atoms with Gasteiger partial charge in [0.1, 0.15) is 0 Å². The van der Waals surface area contributed by atoms with E-state index in [0.717, 1.165) is 24.6 Å². The number of allylic oxidation sites excluding steroid dienone is 2. The number of hydrogen-bond donors (Lipinski definition) is 0. The topological polar surface area (TPSA) is 26.3 Å². The van der Waals surface area contributed by atoms with Crippen LogP contribution in [0.2, 0.25) is 0 Å². The number of carbonyl (C=O) groups excluding carboxylic acids is 1. The first-order valence-corrected chi connectivity index (χ1v) is 9.05. The van der Waals surface area contributed by atoms with E-state index in [9.17, 15) is 4.79 Å². The summed E-state index contributed by atoms with van der Waals surface area (Å²) in [5, 5.41) is 1.11. The van der Waals surface area contributed by atoms with E-state index in [-0.39, 0.29) is 11.4 Å². The maximum atomic E-state index is 11.7. The maximum absolute atomic E-state index is 11.7. The molecule has 0 aromatic heterocycles. The van der Waals surface area contributed by atoms with Gasteiger partial charge in [-0.1, -0.05) is 40.9 Å². The highest BCUT2D eigenvalue weighted by Gasteiger charge is 2.28. The third kappa shape index (κ3) is 10.5. The number of halogens is 1. The molecule has 0 aromatic carbocycles. The van der Waals surface area contributed by atoms with Crippen LogP contribution in [-0.4, -0.2) is 17.9 Å². The summed E-state index contributed by atoms with van der Waals surface area (Å²) in [6.45, 7) is 6.30. The molecule has 0 bridgehead atoms. The lowest BCUT2D eigenvalue weighted by molar-refractivity contribution is -0.153. The van der Waals surface area contributed by atoms with Gasteiger partial charge in [0.05, 0.1) is 12.0 Å². The number of unbranched alkanes of at least 4 members (excludes halogenated alkanes) is 5. The summed E-state index contributed by atoms with van der Waals surface area (Å²) >= 11 is 3.44. The van der Waals surface area contributed by atoms with Gasteiger partial charge in [0.2, 0.25) is 0 Å². The van der Waals surface area contributed by atoms with Crippen molar-refractivity contribution in [3.8, 4) is 0 Å². The van der Waals surface area contributed by atoms with Gasteiger partial charge in [0.25, 0.3) is 0 Å². The largest absolute Gasteiger partial charge is 0.466 e. The summed E-state index contributed by atoms with van der Waals surface area (Å²) in [6, 6.07) is 0. The van der Waals surface area contributed by atoms with Gasteiger partial charge < -0.3 is 4.74 Å². The highest BCUT2D eigenvalue weighted by Crippen LogP contribution is 2.25. The number of ether oxygens (including phenoxy) is 1. The van der Waals surface area contributed by atoms with Gasteiger partial charge in [0, 0.05) is 5.33 Å². The zero-order valence-corrected chi connectivity index (χ0v) is 15.0. The molecule has 0 heterocycles. The monoisotopic (exact) mass is 346 g/mol. The molecule has 0 unspecified atom stereocenters. The van der Waals surface area contributed by atoms with Gasteiger partial charge in [-0.05, 0) is 59.3 Å². The number of hydrogen-bond acceptors (Lipinski definition) is 2. The predicted molar refractivity (Wildman–Crippen MR) is 90.3 cm³/mol. The number of alkyl halides is 1. The first kappa shape index (κ1) is 19.7. The zero-order chi connectivity index (χ0) is 15.3. The SMILES string of the molecule is CCOC(=O)C(C)(C)CCCCC/C=C/CCCCBr. The average Bonchev–Trinajstić information content (AvgIpc) is 2.41. The lowest BCUT2D eigenvalue weighted by Crippen LogP contribution is -2.26. The molecular weight excluding hydrogens is 316 g/mol. The summed E-state index contributed by atoms with van der Waals surface area (Å²) in [6.07, 6.45) is 13.9. The van der Waals surface area contributed by atoms with Crippen LogP contribution in [0.3, 0.4) is 0 Å². The van der Waals surface area contributed by atoms with E-state index in [2.05, 4.69) is 28.1 Å². The zero-order valence-electron chi connectivity index (χ0n) is 13.4. The third-order valence-electron chi connectivity index (χ3n) is 3.42. The van der Waals surface area contributed by atoms with Gasteiger partial charge in [0.15, 0.2) is 0 Å². The Balaban J connectivity index is 3.54. The fourth-order valence-electron chi connectivity index (χ4n) is 2.03. The lowest BCUT2D eigenvalue weighted by atomic mass is 9.87. The minimum atomic E-state index is -0.332. The second kappa shape index (κ2) is 12.4. The Morgan fingerprint density at radius 1 is 1.05 bits per heavy atom. The molecule has 0 fully saturated rings. The Hall–Kier alpha value is -0.310. The van der Waals surface area contributed by atoms with Crippen LogP contribution >= 0.6 is 15.9 Å². The molecular formula is C17H31BrO2. The van der Waals surface area contributed by atoms with Crippen molar-refractivity contribution in [1.29, 1.82) is 0 Å². The Bertz CT molecular complexity index is 272. The van der Waals surface area contributed by atoms with E-state index in [4.69, 9.17) is 4.74 Å². The number of rotatable bonds is 12. The first-order chi connectivity index (χ1) is 9.54. The molecule has 0 saturated carbocycles. The van der Waals surface area contributed by atoms with E-state index in [0.29, 0.717) is 6.61 Å². The highest BCUT2D eigenvalue weighted by atomic mass is 79.9. The summed E-state index contributed by atoms with van der Waals surface area (Å²) in [4.78, 5) is 11.7. The normalized spacial score (nSPS) is 12.0. The van der Waals surface area contributed by atoms with Gasteiger partial charge in [-0.2, -0.15) is 0 Å². The fourth-order valence-corrected chi connectivity index (χ4v) is 2.42. The van der Waals surface area contributed by atoms with Crippen LogP contribution in [0.25, 0.3) is 0 Å². The van der Waals surface area contributed by atoms with Crippen LogP contribution in [0.5, 0.6) is 0 Å². The molecule has 0 N–H and O–H groups in total. The van der Waals surface area contributed by atoms with Crippen molar-refractivity contribution in [1.82, 2.24) is 0 Å². The molecule has 0 aromatic rings. The molecule has 20 heavy (non-hydrogen) atoms. The Kier molecular flexibility index (Phi) is 12.2. The van der Waals surface area contributed by atoms with Crippen LogP contribution in [0.4, 0.5) is 0 Å². The van der Waals surface area contributed by atoms with E-state index < -0.39 is 0 Å². The van der Waals surface area contributed by atoms with Crippen molar-refractivity contribution in [3.63, 3.8) is 0 Å². The second-order valence-electron chi connectivity index (χ2n) is 5.86. The van der Waals surface area contributed by atoms with Crippen molar-refractivity contribution in [2.75, 3.05) is 11.9 Å². The van der Waals surface area contributed by atoms with Gasteiger partial charge >= 0.3 is 5.97 Å². The molecule has 118 valence electrons. The van der Waals surface area contributed by atoms with Crippen LogP contribution in [0.1, 0.15) is 72.1 Å². The maximum Gasteiger partial charge on any atom is 0.311 e. The van der Waals surface area contributed by atoms with Crippen molar-refractivity contribution in [3.05, 3.63) is 12.2 Å². The Labute approximate surface area is 133 Å². The lowest BCUT2D eigenvalue weighted by Gasteiger charge is -2.21.